The molecule has 3 rings (SSSR count). The van der Waals surface area contributed by atoms with Gasteiger partial charge in [0.05, 0.1) is 6.54 Å². The fourth-order valence-corrected chi connectivity index (χ4v) is 3.41. The highest BCUT2D eigenvalue weighted by Gasteiger charge is 2.42. The molecule has 2 aliphatic rings. The van der Waals surface area contributed by atoms with E-state index in [2.05, 4.69) is 22.4 Å². The largest absolute Gasteiger partial charge is 0.424 e. The van der Waals surface area contributed by atoms with Crippen molar-refractivity contribution in [2.75, 3.05) is 6.54 Å². The molecule has 0 aromatic carbocycles. The average Bonchev–Trinajstić information content (AvgIpc) is 3.04. The zero-order chi connectivity index (χ0) is 11.7. The first-order chi connectivity index (χ1) is 8.36. The Balaban J connectivity index is 1.60. The van der Waals surface area contributed by atoms with Crippen molar-refractivity contribution in [3.63, 3.8) is 0 Å². The number of aromatic nitrogens is 2. The van der Waals surface area contributed by atoms with E-state index in [1.165, 1.54) is 25.7 Å². The summed E-state index contributed by atoms with van der Waals surface area (Å²) in [6.45, 7) is 3.87. The Kier molecular flexibility index (Phi) is 3.14. The van der Waals surface area contributed by atoms with Gasteiger partial charge in [-0.3, -0.25) is 0 Å². The number of nitrogens with one attached hydrogen (secondary N) is 1. The van der Waals surface area contributed by atoms with Crippen LogP contribution in [-0.2, 0) is 6.54 Å². The van der Waals surface area contributed by atoms with E-state index in [1.807, 2.05) is 0 Å². The Bertz CT molecular complexity index is 376. The van der Waals surface area contributed by atoms with Gasteiger partial charge in [-0.15, -0.1) is 10.2 Å². The average molecular weight is 235 g/mol. The van der Waals surface area contributed by atoms with E-state index in [1.54, 1.807) is 0 Å². The zero-order valence-corrected chi connectivity index (χ0v) is 10.5. The summed E-state index contributed by atoms with van der Waals surface area (Å²) in [5, 5.41) is 11.7. The topological polar surface area (TPSA) is 51.0 Å². The van der Waals surface area contributed by atoms with Crippen molar-refractivity contribution in [1.82, 2.24) is 15.5 Å². The molecule has 0 radical (unpaired) electrons. The SMILES string of the molecule is CCCNCc1nnc(C2CC3CCC2C3)o1. The third-order valence-electron chi connectivity index (χ3n) is 4.24. The zero-order valence-electron chi connectivity index (χ0n) is 10.5. The predicted molar refractivity (Wildman–Crippen MR) is 64.5 cm³/mol. The maximum atomic E-state index is 5.78. The van der Waals surface area contributed by atoms with Gasteiger partial charge in [-0.05, 0) is 44.1 Å². The Morgan fingerprint density at radius 3 is 2.94 bits per heavy atom. The summed E-state index contributed by atoms with van der Waals surface area (Å²) < 4.78 is 5.78. The van der Waals surface area contributed by atoms with Gasteiger partial charge in [-0.25, -0.2) is 0 Å². The van der Waals surface area contributed by atoms with Gasteiger partial charge >= 0.3 is 0 Å². The fraction of sp³-hybridized carbons (Fsp3) is 0.846. The number of fused-ring (bicyclic) bond motifs is 2. The van der Waals surface area contributed by atoms with Crippen LogP contribution in [0.3, 0.4) is 0 Å². The first-order valence-corrected chi connectivity index (χ1v) is 6.89. The maximum absolute atomic E-state index is 5.78. The minimum absolute atomic E-state index is 0.557. The molecular formula is C13H21N3O. The maximum Gasteiger partial charge on any atom is 0.230 e. The lowest BCUT2D eigenvalue weighted by molar-refractivity contribution is 0.332. The van der Waals surface area contributed by atoms with Crippen molar-refractivity contribution in [3.8, 4) is 0 Å². The molecule has 2 fully saturated rings. The Hall–Kier alpha value is -0.900. The molecule has 2 saturated carbocycles. The van der Waals surface area contributed by atoms with Gasteiger partial charge in [-0.1, -0.05) is 13.3 Å². The summed E-state index contributed by atoms with van der Waals surface area (Å²) in [6, 6.07) is 0. The van der Waals surface area contributed by atoms with Gasteiger partial charge in [0.2, 0.25) is 11.8 Å². The molecule has 1 aromatic rings. The number of nitrogens with zero attached hydrogens (tertiary/aromatic N) is 2. The summed E-state index contributed by atoms with van der Waals surface area (Å²) in [6.07, 6.45) is 6.57. The smallest absolute Gasteiger partial charge is 0.230 e. The van der Waals surface area contributed by atoms with Gasteiger partial charge < -0.3 is 9.73 Å². The second-order valence-electron chi connectivity index (χ2n) is 5.49. The van der Waals surface area contributed by atoms with Crippen LogP contribution in [0, 0.1) is 11.8 Å². The molecule has 0 spiro atoms. The number of hydrogen-bond donors (Lipinski definition) is 1. The van der Waals surface area contributed by atoms with Crippen LogP contribution in [0.1, 0.15) is 56.7 Å². The van der Waals surface area contributed by atoms with E-state index in [-0.39, 0.29) is 0 Å². The molecule has 1 aromatic heterocycles. The number of hydrogen-bond acceptors (Lipinski definition) is 4. The molecule has 94 valence electrons. The minimum Gasteiger partial charge on any atom is -0.424 e. The molecule has 2 aliphatic carbocycles. The summed E-state index contributed by atoms with van der Waals surface area (Å²) >= 11 is 0. The molecule has 0 aliphatic heterocycles. The first-order valence-electron chi connectivity index (χ1n) is 6.89. The molecule has 0 amide bonds. The first kappa shape index (κ1) is 11.2. The third kappa shape index (κ3) is 2.23. The molecule has 3 atom stereocenters. The van der Waals surface area contributed by atoms with E-state index < -0.39 is 0 Å². The van der Waals surface area contributed by atoms with E-state index in [0.29, 0.717) is 12.5 Å². The predicted octanol–water partition coefficient (Wildman–Crippen LogP) is 2.47. The monoisotopic (exact) mass is 235 g/mol. The van der Waals surface area contributed by atoms with Crippen molar-refractivity contribution < 1.29 is 4.42 Å². The van der Waals surface area contributed by atoms with E-state index in [0.717, 1.165) is 36.6 Å². The van der Waals surface area contributed by atoms with Crippen LogP contribution < -0.4 is 5.32 Å². The highest BCUT2D eigenvalue weighted by molar-refractivity contribution is 5.04. The molecule has 4 nitrogen and oxygen atoms in total. The molecule has 17 heavy (non-hydrogen) atoms. The molecule has 3 unspecified atom stereocenters. The summed E-state index contributed by atoms with van der Waals surface area (Å²) in [5.74, 6) is 3.94. The lowest BCUT2D eigenvalue weighted by Crippen LogP contribution is -2.13. The van der Waals surface area contributed by atoms with Crippen molar-refractivity contribution in [2.45, 2.75) is 51.5 Å². The lowest BCUT2D eigenvalue weighted by atomic mass is 9.89. The Morgan fingerprint density at radius 1 is 1.29 bits per heavy atom. The lowest BCUT2D eigenvalue weighted by Gasteiger charge is -2.17. The van der Waals surface area contributed by atoms with Gasteiger partial charge in [0.1, 0.15) is 0 Å². The second-order valence-corrected chi connectivity index (χ2v) is 5.49. The molecule has 1 N–H and O–H groups in total. The van der Waals surface area contributed by atoms with Crippen molar-refractivity contribution in [1.29, 1.82) is 0 Å². The summed E-state index contributed by atoms with van der Waals surface area (Å²) in [5.41, 5.74) is 0. The van der Waals surface area contributed by atoms with Gasteiger partial charge in [0, 0.05) is 5.92 Å². The standard InChI is InChI=1S/C13H21N3O/c1-2-5-14-8-12-15-16-13(17-12)11-7-9-3-4-10(11)6-9/h9-11,14H,2-8H2,1H3. The van der Waals surface area contributed by atoms with Crippen LogP contribution in [-0.4, -0.2) is 16.7 Å². The van der Waals surface area contributed by atoms with Crippen LogP contribution in [0.15, 0.2) is 4.42 Å². The molecule has 4 heteroatoms. The van der Waals surface area contributed by atoms with Crippen LogP contribution in [0.4, 0.5) is 0 Å². The van der Waals surface area contributed by atoms with Crippen molar-refractivity contribution in [2.24, 2.45) is 11.8 Å². The summed E-state index contributed by atoms with van der Waals surface area (Å²) in [7, 11) is 0. The fourth-order valence-electron chi connectivity index (χ4n) is 3.41. The normalized spacial score (nSPS) is 31.2. The molecule has 1 heterocycles. The van der Waals surface area contributed by atoms with Crippen molar-refractivity contribution in [3.05, 3.63) is 11.8 Å². The minimum atomic E-state index is 0.557. The van der Waals surface area contributed by atoms with Gasteiger partial charge in [0.15, 0.2) is 0 Å². The quantitative estimate of drug-likeness (QED) is 0.797. The highest BCUT2D eigenvalue weighted by atomic mass is 16.4. The highest BCUT2D eigenvalue weighted by Crippen LogP contribution is 2.52. The van der Waals surface area contributed by atoms with E-state index in [4.69, 9.17) is 4.42 Å². The summed E-state index contributed by atoms with van der Waals surface area (Å²) in [4.78, 5) is 0. The Morgan fingerprint density at radius 2 is 2.24 bits per heavy atom. The van der Waals surface area contributed by atoms with Crippen LogP contribution in [0.25, 0.3) is 0 Å². The van der Waals surface area contributed by atoms with Crippen LogP contribution >= 0.6 is 0 Å². The second kappa shape index (κ2) is 4.77. The van der Waals surface area contributed by atoms with E-state index >= 15 is 0 Å². The van der Waals surface area contributed by atoms with Crippen molar-refractivity contribution >= 4 is 0 Å². The Labute approximate surface area is 102 Å². The van der Waals surface area contributed by atoms with Gasteiger partial charge in [-0.2, -0.15) is 0 Å². The van der Waals surface area contributed by atoms with E-state index in [9.17, 15) is 0 Å². The number of rotatable bonds is 5. The molecule has 0 saturated heterocycles. The third-order valence-corrected chi connectivity index (χ3v) is 4.24. The molecule has 2 bridgehead atoms. The van der Waals surface area contributed by atoms with Crippen LogP contribution in [0.2, 0.25) is 0 Å². The molecular weight excluding hydrogens is 214 g/mol. The van der Waals surface area contributed by atoms with Crippen LogP contribution in [0.5, 0.6) is 0 Å². The van der Waals surface area contributed by atoms with Gasteiger partial charge in [0.25, 0.3) is 0 Å².